The molecule has 5 nitrogen and oxygen atoms in total. The minimum Gasteiger partial charge on any atom is -0.352 e. The van der Waals surface area contributed by atoms with Crippen molar-refractivity contribution in [3.63, 3.8) is 0 Å². The quantitative estimate of drug-likeness (QED) is 0.618. The number of hydrogen-bond donors (Lipinski definition) is 2. The van der Waals surface area contributed by atoms with E-state index in [2.05, 4.69) is 10.0 Å². The van der Waals surface area contributed by atoms with Crippen molar-refractivity contribution in [2.45, 2.75) is 18.2 Å². The predicted octanol–water partition coefficient (Wildman–Crippen LogP) is 3.91. The first-order chi connectivity index (χ1) is 13.9. The largest absolute Gasteiger partial charge is 0.352 e. The normalized spacial score (nSPS) is 11.1. The Morgan fingerprint density at radius 3 is 2.28 bits per heavy atom. The summed E-state index contributed by atoms with van der Waals surface area (Å²) in [6, 6.07) is 19.0. The van der Waals surface area contributed by atoms with Crippen LogP contribution in [0.4, 0.5) is 10.1 Å². The molecule has 150 valence electrons. The van der Waals surface area contributed by atoms with Gasteiger partial charge in [0.1, 0.15) is 5.82 Å². The highest BCUT2D eigenvalue weighted by Crippen LogP contribution is 2.19. The Morgan fingerprint density at radius 2 is 1.59 bits per heavy atom. The molecule has 0 heterocycles. The molecule has 1 amide bonds. The fraction of sp³-hybridized carbons (Fsp3) is 0.136. The van der Waals surface area contributed by atoms with Crippen LogP contribution in [0.2, 0.25) is 0 Å². The fourth-order valence-corrected chi connectivity index (χ4v) is 3.90. The number of aryl methyl sites for hydroxylation is 1. The van der Waals surface area contributed by atoms with Crippen molar-refractivity contribution < 1.29 is 17.6 Å². The Morgan fingerprint density at radius 1 is 0.931 bits per heavy atom. The number of halogens is 1. The van der Waals surface area contributed by atoms with Gasteiger partial charge in [-0.2, -0.15) is 0 Å². The van der Waals surface area contributed by atoms with Crippen molar-refractivity contribution in [2.75, 3.05) is 11.3 Å². The smallest absolute Gasteiger partial charge is 0.261 e. The topological polar surface area (TPSA) is 75.3 Å². The summed E-state index contributed by atoms with van der Waals surface area (Å²) in [5.41, 5.74) is 2.54. The predicted molar refractivity (Wildman–Crippen MR) is 111 cm³/mol. The second-order valence-corrected chi connectivity index (χ2v) is 8.22. The molecule has 0 saturated heterocycles. The van der Waals surface area contributed by atoms with Crippen molar-refractivity contribution in [1.82, 2.24) is 5.32 Å². The van der Waals surface area contributed by atoms with Gasteiger partial charge in [0.2, 0.25) is 0 Å². The van der Waals surface area contributed by atoms with Crippen molar-refractivity contribution in [1.29, 1.82) is 0 Å². The zero-order valence-electron chi connectivity index (χ0n) is 15.9. The molecular weight excluding hydrogens is 391 g/mol. The van der Waals surface area contributed by atoms with E-state index in [9.17, 15) is 17.6 Å². The number of carbonyl (C=O) groups excluding carboxylic acids is 1. The third kappa shape index (κ3) is 5.20. The van der Waals surface area contributed by atoms with Gasteiger partial charge >= 0.3 is 0 Å². The van der Waals surface area contributed by atoms with Gasteiger partial charge in [-0.05, 0) is 60.9 Å². The van der Waals surface area contributed by atoms with Crippen LogP contribution < -0.4 is 10.0 Å². The molecular formula is C22H21FN2O3S. The van der Waals surface area contributed by atoms with Gasteiger partial charge in [0, 0.05) is 12.1 Å². The van der Waals surface area contributed by atoms with Crippen LogP contribution in [-0.4, -0.2) is 20.9 Å². The molecule has 0 atom stereocenters. The molecule has 0 saturated carbocycles. The maximum absolute atomic E-state index is 13.7. The number of carbonyl (C=O) groups is 1. The van der Waals surface area contributed by atoms with Crippen molar-refractivity contribution in [3.05, 3.63) is 95.3 Å². The minimum atomic E-state index is -3.96. The molecule has 0 radical (unpaired) electrons. The SMILES string of the molecule is Cc1ccccc1CCNC(=O)c1ccc(S(=O)(=O)Nc2ccccc2F)cc1. The Hall–Kier alpha value is -3.19. The van der Waals surface area contributed by atoms with Gasteiger partial charge in [0.15, 0.2) is 0 Å². The molecule has 29 heavy (non-hydrogen) atoms. The number of para-hydroxylation sites is 1. The van der Waals surface area contributed by atoms with Crippen LogP contribution in [0, 0.1) is 12.7 Å². The van der Waals surface area contributed by atoms with E-state index in [1.165, 1.54) is 54.1 Å². The summed E-state index contributed by atoms with van der Waals surface area (Å²) in [5, 5.41) is 2.83. The highest BCUT2D eigenvalue weighted by Gasteiger charge is 2.17. The number of hydrogen-bond acceptors (Lipinski definition) is 3. The first-order valence-corrected chi connectivity index (χ1v) is 10.6. The van der Waals surface area contributed by atoms with E-state index in [1.807, 2.05) is 31.2 Å². The summed E-state index contributed by atoms with van der Waals surface area (Å²) in [4.78, 5) is 12.2. The van der Waals surface area contributed by atoms with E-state index in [4.69, 9.17) is 0 Å². The highest BCUT2D eigenvalue weighted by molar-refractivity contribution is 7.92. The Labute approximate surface area is 169 Å². The molecule has 0 bridgehead atoms. The highest BCUT2D eigenvalue weighted by atomic mass is 32.2. The first kappa shape index (κ1) is 20.5. The second kappa shape index (κ2) is 8.87. The standard InChI is InChI=1S/C22H21FN2O3S/c1-16-6-2-3-7-17(16)14-15-24-22(26)18-10-12-19(13-11-18)29(27,28)25-21-9-5-4-8-20(21)23/h2-13,25H,14-15H2,1H3,(H,24,26). The Balaban J connectivity index is 1.62. The first-order valence-electron chi connectivity index (χ1n) is 9.07. The maximum atomic E-state index is 13.7. The number of nitrogens with one attached hydrogen (secondary N) is 2. The fourth-order valence-electron chi connectivity index (χ4n) is 2.84. The van der Waals surface area contributed by atoms with E-state index in [0.29, 0.717) is 18.5 Å². The maximum Gasteiger partial charge on any atom is 0.261 e. The van der Waals surface area contributed by atoms with E-state index >= 15 is 0 Å². The zero-order valence-corrected chi connectivity index (χ0v) is 16.7. The summed E-state index contributed by atoms with van der Waals surface area (Å²) in [6.07, 6.45) is 0.706. The molecule has 3 rings (SSSR count). The van der Waals surface area contributed by atoms with Gasteiger partial charge in [-0.1, -0.05) is 36.4 Å². The van der Waals surface area contributed by atoms with Crippen LogP contribution in [0.3, 0.4) is 0 Å². The van der Waals surface area contributed by atoms with Gasteiger partial charge in [-0.15, -0.1) is 0 Å². The molecule has 0 spiro atoms. The number of benzene rings is 3. The molecule has 3 aromatic rings. The molecule has 3 aromatic carbocycles. The monoisotopic (exact) mass is 412 g/mol. The molecule has 0 aromatic heterocycles. The molecule has 0 aliphatic rings. The lowest BCUT2D eigenvalue weighted by atomic mass is 10.1. The number of amides is 1. The molecule has 0 aliphatic heterocycles. The van der Waals surface area contributed by atoms with Crippen molar-refractivity contribution in [2.24, 2.45) is 0 Å². The van der Waals surface area contributed by atoms with E-state index in [0.717, 1.165) is 5.56 Å². The third-order valence-corrected chi connectivity index (χ3v) is 5.87. The van der Waals surface area contributed by atoms with Gasteiger partial charge < -0.3 is 5.32 Å². The summed E-state index contributed by atoms with van der Waals surface area (Å²) < 4.78 is 40.7. The number of rotatable bonds is 7. The summed E-state index contributed by atoms with van der Waals surface area (Å²) in [7, 11) is -3.96. The van der Waals surface area contributed by atoms with Crippen LogP contribution in [0.15, 0.2) is 77.7 Å². The third-order valence-electron chi connectivity index (χ3n) is 4.49. The number of sulfonamides is 1. The van der Waals surface area contributed by atoms with Crippen LogP contribution >= 0.6 is 0 Å². The molecule has 7 heteroatoms. The average molecular weight is 412 g/mol. The minimum absolute atomic E-state index is 0.0581. The molecule has 2 N–H and O–H groups in total. The lowest BCUT2D eigenvalue weighted by Gasteiger charge is -2.10. The number of anilines is 1. The van der Waals surface area contributed by atoms with E-state index in [1.54, 1.807) is 0 Å². The van der Waals surface area contributed by atoms with Gasteiger partial charge in [-0.25, -0.2) is 12.8 Å². The van der Waals surface area contributed by atoms with E-state index < -0.39 is 15.8 Å². The lowest BCUT2D eigenvalue weighted by Crippen LogP contribution is -2.26. The Bertz CT molecular complexity index is 1110. The van der Waals surface area contributed by atoms with E-state index in [-0.39, 0.29) is 16.5 Å². The summed E-state index contributed by atoms with van der Waals surface area (Å²) in [6.45, 7) is 2.49. The lowest BCUT2D eigenvalue weighted by molar-refractivity contribution is 0.0954. The molecule has 0 fully saturated rings. The van der Waals surface area contributed by atoms with Crippen molar-refractivity contribution in [3.8, 4) is 0 Å². The van der Waals surface area contributed by atoms with Crippen LogP contribution in [0.25, 0.3) is 0 Å². The Kier molecular flexibility index (Phi) is 6.29. The average Bonchev–Trinajstić information content (AvgIpc) is 2.71. The van der Waals surface area contributed by atoms with Gasteiger partial charge in [0.25, 0.3) is 15.9 Å². The molecule has 0 aliphatic carbocycles. The summed E-state index contributed by atoms with van der Waals surface area (Å²) >= 11 is 0. The van der Waals surface area contributed by atoms with Crippen LogP contribution in [0.1, 0.15) is 21.5 Å². The van der Waals surface area contributed by atoms with Crippen LogP contribution in [0.5, 0.6) is 0 Å². The molecule has 0 unspecified atom stereocenters. The zero-order chi connectivity index (χ0) is 20.9. The second-order valence-electron chi connectivity index (χ2n) is 6.54. The van der Waals surface area contributed by atoms with Gasteiger partial charge in [0.05, 0.1) is 10.6 Å². The van der Waals surface area contributed by atoms with Gasteiger partial charge in [-0.3, -0.25) is 9.52 Å². The van der Waals surface area contributed by atoms with Crippen molar-refractivity contribution >= 4 is 21.6 Å². The van der Waals surface area contributed by atoms with Crippen LogP contribution in [-0.2, 0) is 16.4 Å². The summed E-state index contributed by atoms with van der Waals surface area (Å²) in [5.74, 6) is -0.953.